The van der Waals surface area contributed by atoms with E-state index in [-0.39, 0.29) is 18.6 Å². The molecule has 1 N–H and O–H groups in total. The lowest BCUT2D eigenvalue weighted by Crippen LogP contribution is -2.33. The van der Waals surface area contributed by atoms with E-state index in [2.05, 4.69) is 5.32 Å². The van der Waals surface area contributed by atoms with Gasteiger partial charge < -0.3 is 14.8 Å². The first-order valence-electron chi connectivity index (χ1n) is 7.78. The average molecular weight is 327 g/mol. The first kappa shape index (κ1) is 17.5. The molecular weight excluding hydrogens is 306 g/mol. The fraction of sp³-hybridized carbons (Fsp3) is 0.263. The number of carbonyl (C=O) groups excluding carboxylic acids is 2. The molecule has 0 heterocycles. The van der Waals surface area contributed by atoms with Crippen LogP contribution in [0.3, 0.4) is 0 Å². The summed E-state index contributed by atoms with van der Waals surface area (Å²) in [4.78, 5) is 23.4. The number of benzene rings is 2. The molecule has 0 aromatic heterocycles. The summed E-state index contributed by atoms with van der Waals surface area (Å²) in [6.45, 7) is 3.82. The van der Waals surface area contributed by atoms with E-state index in [0.717, 1.165) is 11.3 Å². The number of ether oxygens (including phenoxy) is 2. The van der Waals surface area contributed by atoms with Crippen LogP contribution in [0.5, 0.6) is 5.75 Å². The van der Waals surface area contributed by atoms with Crippen molar-refractivity contribution in [3.8, 4) is 5.75 Å². The summed E-state index contributed by atoms with van der Waals surface area (Å²) in [5, 5.41) is 2.66. The fourth-order valence-corrected chi connectivity index (χ4v) is 2.00. The number of carbonyl (C=O) groups is 2. The van der Waals surface area contributed by atoms with Crippen molar-refractivity contribution in [1.29, 1.82) is 0 Å². The van der Waals surface area contributed by atoms with Gasteiger partial charge in [-0.2, -0.15) is 0 Å². The Balaban J connectivity index is 1.82. The molecular formula is C19H21NO4. The Morgan fingerprint density at radius 2 is 1.67 bits per heavy atom. The summed E-state index contributed by atoms with van der Waals surface area (Å²) in [6.07, 6.45) is 0. The maximum atomic E-state index is 11.9. The minimum Gasteiger partial charge on any atom is -0.489 e. The lowest BCUT2D eigenvalue weighted by molar-refractivity contribution is -0.124. The summed E-state index contributed by atoms with van der Waals surface area (Å²) < 4.78 is 10.6. The highest BCUT2D eigenvalue weighted by molar-refractivity contribution is 5.91. The van der Waals surface area contributed by atoms with Crippen molar-refractivity contribution in [1.82, 2.24) is 5.32 Å². The smallest absolute Gasteiger partial charge is 0.338 e. The van der Waals surface area contributed by atoms with Crippen molar-refractivity contribution < 1.29 is 19.1 Å². The van der Waals surface area contributed by atoms with Gasteiger partial charge in [0.15, 0.2) is 6.61 Å². The first-order chi connectivity index (χ1) is 11.5. The highest BCUT2D eigenvalue weighted by Gasteiger charge is 2.10. The second-order valence-corrected chi connectivity index (χ2v) is 5.60. The predicted molar refractivity (Wildman–Crippen MR) is 90.8 cm³/mol. The molecule has 0 saturated carbocycles. The zero-order chi connectivity index (χ0) is 17.4. The Hall–Kier alpha value is -2.82. The van der Waals surface area contributed by atoms with Crippen molar-refractivity contribution in [2.75, 3.05) is 6.61 Å². The van der Waals surface area contributed by atoms with Crippen molar-refractivity contribution in [2.45, 2.75) is 26.5 Å². The van der Waals surface area contributed by atoms with Crippen LogP contribution in [-0.4, -0.2) is 24.5 Å². The molecule has 1 amide bonds. The number of hydrogen-bond donors (Lipinski definition) is 1. The van der Waals surface area contributed by atoms with Crippen molar-refractivity contribution in [2.24, 2.45) is 0 Å². The maximum Gasteiger partial charge on any atom is 0.338 e. The fourth-order valence-electron chi connectivity index (χ4n) is 2.00. The van der Waals surface area contributed by atoms with E-state index < -0.39 is 5.97 Å². The molecule has 5 nitrogen and oxygen atoms in total. The normalized spacial score (nSPS) is 10.3. The maximum absolute atomic E-state index is 11.9. The van der Waals surface area contributed by atoms with Gasteiger partial charge in [0, 0.05) is 6.04 Å². The van der Waals surface area contributed by atoms with Gasteiger partial charge in [0.1, 0.15) is 12.4 Å². The molecule has 0 spiro atoms. The van der Waals surface area contributed by atoms with Crippen LogP contribution in [0.2, 0.25) is 0 Å². The summed E-state index contributed by atoms with van der Waals surface area (Å²) >= 11 is 0. The third-order valence-electron chi connectivity index (χ3n) is 3.12. The van der Waals surface area contributed by atoms with Crippen LogP contribution in [-0.2, 0) is 16.1 Å². The molecule has 24 heavy (non-hydrogen) atoms. The molecule has 2 aromatic carbocycles. The molecule has 0 fully saturated rings. The predicted octanol–water partition coefficient (Wildman–Crippen LogP) is 2.95. The van der Waals surface area contributed by atoms with Gasteiger partial charge in [0.25, 0.3) is 5.91 Å². The van der Waals surface area contributed by atoms with E-state index in [4.69, 9.17) is 9.47 Å². The highest BCUT2D eigenvalue weighted by atomic mass is 16.5. The Kier molecular flexibility index (Phi) is 6.37. The number of amides is 1. The average Bonchev–Trinajstić information content (AvgIpc) is 2.58. The van der Waals surface area contributed by atoms with E-state index in [0.29, 0.717) is 12.2 Å². The van der Waals surface area contributed by atoms with Gasteiger partial charge in [-0.25, -0.2) is 4.79 Å². The van der Waals surface area contributed by atoms with Gasteiger partial charge in [0.2, 0.25) is 0 Å². The second kappa shape index (κ2) is 8.72. The van der Waals surface area contributed by atoms with Crippen LogP contribution in [0.4, 0.5) is 0 Å². The molecule has 0 radical (unpaired) electrons. The molecule has 0 unspecified atom stereocenters. The summed E-state index contributed by atoms with van der Waals surface area (Å²) in [7, 11) is 0. The van der Waals surface area contributed by atoms with Crippen molar-refractivity contribution in [3.63, 3.8) is 0 Å². The number of hydrogen-bond acceptors (Lipinski definition) is 4. The standard InChI is InChI=1S/C19H21NO4/c1-14(2)20-18(21)13-24-19(22)16-10-8-15(9-11-16)12-23-17-6-4-3-5-7-17/h3-11,14H,12-13H2,1-2H3,(H,20,21). The Bertz CT molecular complexity index is 666. The molecule has 126 valence electrons. The third-order valence-corrected chi connectivity index (χ3v) is 3.12. The monoisotopic (exact) mass is 327 g/mol. The number of rotatable bonds is 7. The van der Waals surface area contributed by atoms with Crippen LogP contribution < -0.4 is 10.1 Å². The minimum atomic E-state index is -0.524. The van der Waals surface area contributed by atoms with Crippen LogP contribution in [0.25, 0.3) is 0 Å². The summed E-state index contributed by atoms with van der Waals surface area (Å²) in [5.41, 5.74) is 1.34. The molecule has 0 aliphatic heterocycles. The Morgan fingerprint density at radius 3 is 2.29 bits per heavy atom. The zero-order valence-corrected chi connectivity index (χ0v) is 13.8. The molecule has 0 bridgehead atoms. The van der Waals surface area contributed by atoms with Crippen LogP contribution in [0.1, 0.15) is 29.8 Å². The van der Waals surface area contributed by atoms with E-state index >= 15 is 0 Å². The van der Waals surface area contributed by atoms with Crippen LogP contribution in [0, 0.1) is 0 Å². The third kappa shape index (κ3) is 5.76. The summed E-state index contributed by atoms with van der Waals surface area (Å²) in [5.74, 6) is -0.0483. The quantitative estimate of drug-likeness (QED) is 0.794. The molecule has 0 saturated heterocycles. The lowest BCUT2D eigenvalue weighted by Gasteiger charge is -2.09. The first-order valence-corrected chi connectivity index (χ1v) is 7.78. The van der Waals surface area contributed by atoms with E-state index in [1.54, 1.807) is 24.3 Å². The van der Waals surface area contributed by atoms with Gasteiger partial charge in [0.05, 0.1) is 5.56 Å². The number of nitrogens with one attached hydrogen (secondary N) is 1. The summed E-state index contributed by atoms with van der Waals surface area (Å²) in [6, 6.07) is 16.4. The molecule has 5 heteroatoms. The van der Waals surface area contributed by atoms with Crippen molar-refractivity contribution >= 4 is 11.9 Å². The van der Waals surface area contributed by atoms with Gasteiger partial charge in [-0.05, 0) is 43.7 Å². The molecule has 0 aliphatic rings. The Morgan fingerprint density at radius 1 is 1.00 bits per heavy atom. The number of para-hydroxylation sites is 1. The van der Waals surface area contributed by atoms with Gasteiger partial charge in [-0.3, -0.25) is 4.79 Å². The van der Waals surface area contributed by atoms with E-state index in [9.17, 15) is 9.59 Å². The highest BCUT2D eigenvalue weighted by Crippen LogP contribution is 2.12. The van der Waals surface area contributed by atoms with Crippen LogP contribution in [0.15, 0.2) is 54.6 Å². The molecule has 2 aromatic rings. The van der Waals surface area contributed by atoms with E-state index in [1.807, 2.05) is 44.2 Å². The second-order valence-electron chi connectivity index (χ2n) is 5.60. The van der Waals surface area contributed by atoms with Gasteiger partial charge in [-0.15, -0.1) is 0 Å². The zero-order valence-electron chi connectivity index (χ0n) is 13.8. The minimum absolute atomic E-state index is 0.0140. The van der Waals surface area contributed by atoms with E-state index in [1.165, 1.54) is 0 Å². The van der Waals surface area contributed by atoms with Crippen LogP contribution >= 0.6 is 0 Å². The van der Waals surface area contributed by atoms with Gasteiger partial charge >= 0.3 is 5.97 Å². The molecule has 2 rings (SSSR count). The molecule has 0 aliphatic carbocycles. The SMILES string of the molecule is CC(C)NC(=O)COC(=O)c1ccc(COc2ccccc2)cc1. The Labute approximate surface area is 141 Å². The lowest BCUT2D eigenvalue weighted by atomic mass is 10.1. The topological polar surface area (TPSA) is 64.6 Å². The van der Waals surface area contributed by atoms with Gasteiger partial charge in [-0.1, -0.05) is 30.3 Å². The molecule has 0 atom stereocenters. The number of esters is 1. The van der Waals surface area contributed by atoms with Crippen molar-refractivity contribution in [3.05, 3.63) is 65.7 Å². The largest absolute Gasteiger partial charge is 0.489 e.